The second-order valence-corrected chi connectivity index (χ2v) is 4.63. The highest BCUT2D eigenvalue weighted by atomic mass is 15.2. The largest absolute Gasteiger partial charge is 0.368 e. The van der Waals surface area contributed by atoms with Crippen LogP contribution in [0.2, 0.25) is 0 Å². The summed E-state index contributed by atoms with van der Waals surface area (Å²) in [5.41, 5.74) is 6.93. The molecule has 0 radical (unpaired) electrons. The van der Waals surface area contributed by atoms with Crippen LogP contribution in [0.15, 0.2) is 30.3 Å². The highest BCUT2D eigenvalue weighted by molar-refractivity contribution is 5.31. The number of rotatable bonds is 5. The number of hydrogen-bond acceptors (Lipinski definition) is 5. The first-order valence-electron chi connectivity index (χ1n) is 7.42. The van der Waals surface area contributed by atoms with Crippen LogP contribution in [0.5, 0.6) is 0 Å². The molecule has 1 atom stereocenters. The summed E-state index contributed by atoms with van der Waals surface area (Å²) in [6.07, 6.45) is 2.03. The van der Waals surface area contributed by atoms with E-state index in [0.29, 0.717) is 11.8 Å². The van der Waals surface area contributed by atoms with Gasteiger partial charge in [-0.25, -0.2) is 0 Å². The van der Waals surface area contributed by atoms with Gasteiger partial charge in [0, 0.05) is 6.04 Å². The minimum atomic E-state index is 0.255. The van der Waals surface area contributed by atoms with Gasteiger partial charge in [0.1, 0.15) is 5.82 Å². The van der Waals surface area contributed by atoms with Crippen LogP contribution in [0.25, 0.3) is 0 Å². The van der Waals surface area contributed by atoms with Crippen LogP contribution in [-0.2, 0) is 6.42 Å². The molecule has 0 fully saturated rings. The van der Waals surface area contributed by atoms with Gasteiger partial charge in [0.05, 0.1) is 0 Å². The molecule has 2 rings (SSSR count). The van der Waals surface area contributed by atoms with Crippen molar-refractivity contribution in [3.05, 3.63) is 41.7 Å². The van der Waals surface area contributed by atoms with Gasteiger partial charge in [-0.1, -0.05) is 44.2 Å². The first kappa shape index (κ1) is 16.9. The number of hydrogen-bond donors (Lipinski definition) is 2. The van der Waals surface area contributed by atoms with Crippen LogP contribution >= 0.6 is 0 Å². The molecule has 21 heavy (non-hydrogen) atoms. The van der Waals surface area contributed by atoms with E-state index in [0.717, 1.165) is 12.8 Å². The second-order valence-electron chi connectivity index (χ2n) is 4.63. The van der Waals surface area contributed by atoms with Gasteiger partial charge in [0.15, 0.2) is 0 Å². The van der Waals surface area contributed by atoms with Crippen molar-refractivity contribution >= 4 is 11.9 Å². The Morgan fingerprint density at radius 1 is 1.10 bits per heavy atom. The maximum Gasteiger partial charge on any atom is 0.227 e. The average molecular weight is 287 g/mol. The van der Waals surface area contributed by atoms with Crippen LogP contribution in [0, 0.1) is 6.92 Å². The third-order valence-electron chi connectivity index (χ3n) is 2.85. The van der Waals surface area contributed by atoms with E-state index < -0.39 is 0 Å². The number of nitrogens with two attached hydrogens (primary N) is 1. The van der Waals surface area contributed by atoms with Gasteiger partial charge in [-0.2, -0.15) is 15.0 Å². The number of benzene rings is 1. The van der Waals surface area contributed by atoms with Crippen LogP contribution < -0.4 is 11.1 Å². The van der Waals surface area contributed by atoms with Gasteiger partial charge in [-0.15, -0.1) is 0 Å². The summed E-state index contributed by atoms with van der Waals surface area (Å²) in [4.78, 5) is 12.2. The number of aryl methyl sites for hydroxylation is 2. The van der Waals surface area contributed by atoms with Crippen molar-refractivity contribution in [3.8, 4) is 0 Å². The third-order valence-corrected chi connectivity index (χ3v) is 2.85. The molecule has 0 aliphatic rings. The number of nitrogen functional groups attached to an aromatic ring is 1. The summed E-state index contributed by atoms with van der Waals surface area (Å²) in [5, 5.41) is 3.25. The van der Waals surface area contributed by atoms with Gasteiger partial charge in [0.25, 0.3) is 0 Å². The molecule has 5 heteroatoms. The monoisotopic (exact) mass is 287 g/mol. The van der Waals surface area contributed by atoms with Crippen molar-refractivity contribution in [1.82, 2.24) is 15.0 Å². The first-order valence-corrected chi connectivity index (χ1v) is 7.42. The Labute approximate surface area is 127 Å². The van der Waals surface area contributed by atoms with Gasteiger partial charge in [0.2, 0.25) is 11.9 Å². The fraction of sp³-hybridized carbons (Fsp3) is 0.438. The van der Waals surface area contributed by atoms with Crippen LogP contribution in [0.3, 0.4) is 0 Å². The molecule has 0 saturated heterocycles. The molecule has 2 aromatic rings. The lowest BCUT2D eigenvalue weighted by Crippen LogP contribution is -2.19. The smallest absolute Gasteiger partial charge is 0.227 e. The summed E-state index contributed by atoms with van der Waals surface area (Å²) in [6, 6.07) is 10.7. The molecule has 114 valence electrons. The lowest BCUT2D eigenvalue weighted by atomic mass is 10.1. The zero-order chi connectivity index (χ0) is 15.7. The number of nitrogens with zero attached hydrogens (tertiary/aromatic N) is 3. The fourth-order valence-corrected chi connectivity index (χ4v) is 1.89. The summed E-state index contributed by atoms with van der Waals surface area (Å²) in [6.45, 7) is 7.91. The lowest BCUT2D eigenvalue weighted by molar-refractivity contribution is 0.697. The molecule has 5 nitrogen and oxygen atoms in total. The standard InChI is InChI=1S/C14H19N5.C2H6/c1-10(8-9-12-6-4-3-5-7-12)16-14-18-11(2)17-13(15)19-14;1-2/h3-7,10H,8-9H2,1-2H3,(H3,15,16,17,18,19);1-2H3/t10-;/m0./s1. The summed E-state index contributed by atoms with van der Waals surface area (Å²) >= 11 is 0. The van der Waals surface area contributed by atoms with E-state index in [2.05, 4.69) is 51.5 Å². The molecular weight excluding hydrogens is 262 g/mol. The van der Waals surface area contributed by atoms with E-state index >= 15 is 0 Å². The first-order chi connectivity index (χ1) is 10.1. The Morgan fingerprint density at radius 3 is 2.38 bits per heavy atom. The van der Waals surface area contributed by atoms with Crippen molar-refractivity contribution in [3.63, 3.8) is 0 Å². The molecule has 3 N–H and O–H groups in total. The Bertz CT molecular complexity index is 507. The zero-order valence-electron chi connectivity index (χ0n) is 13.3. The molecule has 0 aliphatic carbocycles. The van der Waals surface area contributed by atoms with Crippen LogP contribution in [0.4, 0.5) is 11.9 Å². The maximum atomic E-state index is 5.60. The molecule has 1 heterocycles. The van der Waals surface area contributed by atoms with E-state index in [1.54, 1.807) is 6.92 Å². The van der Waals surface area contributed by atoms with E-state index in [1.807, 2.05) is 19.9 Å². The Balaban J connectivity index is 0.00000106. The van der Waals surface area contributed by atoms with Crippen LogP contribution in [0.1, 0.15) is 38.6 Å². The Morgan fingerprint density at radius 2 is 1.76 bits per heavy atom. The summed E-state index contributed by atoms with van der Waals surface area (Å²) < 4.78 is 0. The fourth-order valence-electron chi connectivity index (χ4n) is 1.89. The molecule has 0 aliphatic heterocycles. The van der Waals surface area contributed by atoms with Crippen LogP contribution in [-0.4, -0.2) is 21.0 Å². The Kier molecular flexibility index (Phi) is 7.15. The van der Waals surface area contributed by atoms with Crippen molar-refractivity contribution in [2.75, 3.05) is 11.1 Å². The molecule has 0 amide bonds. The number of nitrogens with one attached hydrogen (secondary N) is 1. The lowest BCUT2D eigenvalue weighted by Gasteiger charge is -2.14. The van der Waals surface area contributed by atoms with Gasteiger partial charge < -0.3 is 11.1 Å². The third kappa shape index (κ3) is 6.21. The second kappa shape index (κ2) is 8.89. The number of aromatic nitrogens is 3. The van der Waals surface area contributed by atoms with Gasteiger partial charge in [-0.3, -0.25) is 0 Å². The van der Waals surface area contributed by atoms with Crippen molar-refractivity contribution in [2.24, 2.45) is 0 Å². The van der Waals surface area contributed by atoms with E-state index in [1.165, 1.54) is 5.56 Å². The molecular formula is C16H25N5. The summed E-state index contributed by atoms with van der Waals surface area (Å²) in [7, 11) is 0. The highest BCUT2D eigenvalue weighted by Gasteiger charge is 2.06. The molecule has 0 spiro atoms. The van der Waals surface area contributed by atoms with Crippen molar-refractivity contribution < 1.29 is 0 Å². The van der Waals surface area contributed by atoms with E-state index in [4.69, 9.17) is 5.73 Å². The molecule has 0 saturated carbocycles. The van der Waals surface area contributed by atoms with E-state index in [9.17, 15) is 0 Å². The highest BCUT2D eigenvalue weighted by Crippen LogP contribution is 2.09. The quantitative estimate of drug-likeness (QED) is 0.883. The van der Waals surface area contributed by atoms with E-state index in [-0.39, 0.29) is 12.0 Å². The molecule has 0 bridgehead atoms. The average Bonchev–Trinajstić information content (AvgIpc) is 2.47. The predicted octanol–water partition coefficient (Wildman–Crippen LogP) is 3.22. The minimum absolute atomic E-state index is 0.255. The number of anilines is 2. The Hall–Kier alpha value is -2.17. The van der Waals surface area contributed by atoms with Crippen molar-refractivity contribution in [1.29, 1.82) is 0 Å². The minimum Gasteiger partial charge on any atom is -0.368 e. The van der Waals surface area contributed by atoms with Gasteiger partial charge in [-0.05, 0) is 32.3 Å². The van der Waals surface area contributed by atoms with Gasteiger partial charge >= 0.3 is 0 Å². The topological polar surface area (TPSA) is 76.7 Å². The SMILES string of the molecule is CC.Cc1nc(N)nc(N[C@@H](C)CCc2ccccc2)n1. The maximum absolute atomic E-state index is 5.60. The predicted molar refractivity (Wildman–Crippen MR) is 88.2 cm³/mol. The normalized spacial score (nSPS) is 11.2. The molecule has 0 unspecified atom stereocenters. The van der Waals surface area contributed by atoms with Crippen molar-refractivity contribution in [2.45, 2.75) is 46.6 Å². The summed E-state index contributed by atoms with van der Waals surface area (Å²) in [5.74, 6) is 1.43. The molecule has 1 aromatic heterocycles. The zero-order valence-corrected chi connectivity index (χ0v) is 13.3. The molecule has 1 aromatic carbocycles.